The highest BCUT2D eigenvalue weighted by Gasteiger charge is 2.24. The molecule has 2 aromatic heterocycles. The Labute approximate surface area is 145 Å². The Bertz CT molecular complexity index is 897. The quantitative estimate of drug-likeness (QED) is 0.781. The van der Waals surface area contributed by atoms with Gasteiger partial charge in [0, 0.05) is 38.8 Å². The number of fused-ring (bicyclic) bond motifs is 1. The van der Waals surface area contributed by atoms with Crippen molar-refractivity contribution in [2.75, 3.05) is 26.2 Å². The summed E-state index contributed by atoms with van der Waals surface area (Å²) in [5.74, 6) is 0.730. The van der Waals surface area contributed by atoms with Crippen molar-refractivity contribution in [1.82, 2.24) is 24.9 Å². The lowest BCUT2D eigenvalue weighted by atomic mass is 10.2. The minimum Gasteiger partial charge on any atom is -0.364 e. The van der Waals surface area contributed by atoms with Gasteiger partial charge in [-0.2, -0.15) is 0 Å². The Balaban J connectivity index is 1.45. The molecule has 3 aromatic rings. The largest absolute Gasteiger partial charge is 0.364 e. The van der Waals surface area contributed by atoms with E-state index >= 15 is 0 Å². The summed E-state index contributed by atoms with van der Waals surface area (Å²) in [6, 6.07) is 9.43. The molecule has 1 saturated heterocycles. The van der Waals surface area contributed by atoms with Gasteiger partial charge in [-0.1, -0.05) is 17.3 Å². The van der Waals surface area contributed by atoms with Crippen LogP contribution >= 0.6 is 0 Å². The van der Waals surface area contributed by atoms with Crippen LogP contribution in [-0.2, 0) is 6.54 Å². The van der Waals surface area contributed by atoms with Gasteiger partial charge in [0.2, 0.25) is 0 Å². The van der Waals surface area contributed by atoms with Gasteiger partial charge in [0.05, 0.1) is 22.6 Å². The second-order valence-corrected chi connectivity index (χ2v) is 6.45. The van der Waals surface area contributed by atoms with Crippen molar-refractivity contribution in [3.8, 4) is 0 Å². The van der Waals surface area contributed by atoms with Gasteiger partial charge >= 0.3 is 0 Å². The number of piperazine rings is 1. The smallest absolute Gasteiger partial charge is 0.258 e. The molecule has 7 nitrogen and oxygen atoms in total. The highest BCUT2D eigenvalue weighted by atomic mass is 16.5. The normalized spacial score (nSPS) is 17.8. The predicted molar refractivity (Wildman–Crippen MR) is 94.1 cm³/mol. The fraction of sp³-hybridized carbons (Fsp3) is 0.389. The van der Waals surface area contributed by atoms with Gasteiger partial charge < -0.3 is 9.51 Å². The van der Waals surface area contributed by atoms with Crippen molar-refractivity contribution in [3.05, 3.63) is 58.5 Å². The van der Waals surface area contributed by atoms with E-state index < -0.39 is 0 Å². The van der Waals surface area contributed by atoms with Crippen LogP contribution in [0.1, 0.15) is 24.5 Å². The van der Waals surface area contributed by atoms with Gasteiger partial charge in [0.25, 0.3) is 5.56 Å². The monoisotopic (exact) mass is 339 g/mol. The van der Waals surface area contributed by atoms with Crippen molar-refractivity contribution in [2.24, 2.45) is 0 Å². The molecule has 1 unspecified atom stereocenters. The number of benzene rings is 1. The number of hydrogen-bond acceptors (Lipinski definition) is 6. The number of aromatic amines is 1. The highest BCUT2D eigenvalue weighted by Crippen LogP contribution is 2.20. The number of rotatable bonds is 4. The van der Waals surface area contributed by atoms with Crippen molar-refractivity contribution in [3.63, 3.8) is 0 Å². The summed E-state index contributed by atoms with van der Waals surface area (Å²) in [6.07, 6.45) is 1.61. The van der Waals surface area contributed by atoms with E-state index in [2.05, 4.69) is 31.8 Å². The lowest BCUT2D eigenvalue weighted by Gasteiger charge is -2.37. The summed E-state index contributed by atoms with van der Waals surface area (Å²) >= 11 is 0. The minimum absolute atomic E-state index is 0.0721. The molecule has 7 heteroatoms. The van der Waals surface area contributed by atoms with Crippen LogP contribution < -0.4 is 5.56 Å². The fourth-order valence-corrected chi connectivity index (χ4v) is 3.33. The summed E-state index contributed by atoms with van der Waals surface area (Å²) in [5.41, 5.74) is 1.64. The maximum atomic E-state index is 12.3. The maximum absolute atomic E-state index is 12.3. The third-order valence-corrected chi connectivity index (χ3v) is 4.86. The van der Waals surface area contributed by atoms with Crippen molar-refractivity contribution >= 4 is 10.9 Å². The molecule has 0 aliphatic carbocycles. The van der Waals surface area contributed by atoms with Gasteiger partial charge in [-0.25, -0.2) is 4.98 Å². The van der Waals surface area contributed by atoms with E-state index in [1.165, 1.54) is 0 Å². The Kier molecular flexibility index (Phi) is 4.33. The van der Waals surface area contributed by atoms with Crippen molar-refractivity contribution < 1.29 is 4.52 Å². The van der Waals surface area contributed by atoms with Crippen LogP contribution in [0.15, 0.2) is 45.9 Å². The molecular formula is C18H21N5O2. The lowest BCUT2D eigenvalue weighted by molar-refractivity contribution is 0.0933. The first-order valence-corrected chi connectivity index (χ1v) is 8.55. The van der Waals surface area contributed by atoms with E-state index in [1.807, 2.05) is 24.3 Å². The molecule has 0 saturated carbocycles. The average Bonchev–Trinajstić information content (AvgIpc) is 3.15. The van der Waals surface area contributed by atoms with Crippen LogP contribution in [0.5, 0.6) is 0 Å². The third-order valence-electron chi connectivity index (χ3n) is 4.86. The van der Waals surface area contributed by atoms with Crippen LogP contribution in [-0.4, -0.2) is 51.1 Å². The minimum atomic E-state index is -0.0721. The SMILES string of the molecule is CC(c1nc2ccccc2c(=O)[nH]1)N1CCN(Cc2ccon2)CC1. The summed E-state index contributed by atoms with van der Waals surface area (Å²) in [5, 5.41) is 4.61. The van der Waals surface area contributed by atoms with Crippen LogP contribution in [0.2, 0.25) is 0 Å². The first kappa shape index (κ1) is 16.0. The third kappa shape index (κ3) is 3.33. The molecule has 1 fully saturated rings. The standard InChI is InChI=1S/C18H21N5O2/c1-13(17-19-16-5-3-2-4-15(16)18(24)20-17)23-9-7-22(8-10-23)12-14-6-11-25-21-14/h2-6,11,13H,7-10,12H2,1H3,(H,19,20,24). The van der Waals surface area contributed by atoms with Gasteiger partial charge in [-0.05, 0) is 19.1 Å². The van der Waals surface area contributed by atoms with Crippen molar-refractivity contribution in [2.45, 2.75) is 19.5 Å². The van der Waals surface area contributed by atoms with Gasteiger partial charge in [-0.15, -0.1) is 0 Å². The van der Waals surface area contributed by atoms with E-state index in [0.29, 0.717) is 5.39 Å². The predicted octanol–water partition coefficient (Wildman–Crippen LogP) is 1.79. The molecular weight excluding hydrogens is 318 g/mol. The van der Waals surface area contributed by atoms with Gasteiger partial charge in [0.1, 0.15) is 12.1 Å². The van der Waals surface area contributed by atoms with Gasteiger partial charge in [0.15, 0.2) is 0 Å². The van der Waals surface area contributed by atoms with E-state index in [9.17, 15) is 4.79 Å². The van der Waals surface area contributed by atoms with Crippen LogP contribution in [0.25, 0.3) is 10.9 Å². The second kappa shape index (κ2) is 6.78. The molecule has 1 N–H and O–H groups in total. The Morgan fingerprint density at radius 1 is 1.20 bits per heavy atom. The molecule has 25 heavy (non-hydrogen) atoms. The molecule has 0 amide bonds. The topological polar surface area (TPSA) is 78.3 Å². The van der Waals surface area contributed by atoms with E-state index in [-0.39, 0.29) is 11.6 Å². The number of nitrogens with one attached hydrogen (secondary N) is 1. The molecule has 0 spiro atoms. The zero-order valence-electron chi connectivity index (χ0n) is 14.2. The number of aromatic nitrogens is 3. The molecule has 130 valence electrons. The summed E-state index contributed by atoms with van der Waals surface area (Å²) in [4.78, 5) is 24.6. The molecule has 0 bridgehead atoms. The van der Waals surface area contributed by atoms with E-state index in [1.54, 1.807) is 12.3 Å². The van der Waals surface area contributed by atoms with Crippen LogP contribution in [0.4, 0.5) is 0 Å². The van der Waals surface area contributed by atoms with Gasteiger partial charge in [-0.3, -0.25) is 14.6 Å². The lowest BCUT2D eigenvalue weighted by Crippen LogP contribution is -2.47. The van der Waals surface area contributed by atoms with E-state index in [0.717, 1.165) is 49.8 Å². The average molecular weight is 339 g/mol. The highest BCUT2D eigenvalue weighted by molar-refractivity contribution is 5.77. The first-order chi connectivity index (χ1) is 12.2. The molecule has 1 aliphatic heterocycles. The first-order valence-electron chi connectivity index (χ1n) is 8.55. The van der Waals surface area contributed by atoms with Crippen LogP contribution in [0, 0.1) is 0 Å². The van der Waals surface area contributed by atoms with Crippen molar-refractivity contribution in [1.29, 1.82) is 0 Å². The number of hydrogen-bond donors (Lipinski definition) is 1. The van der Waals surface area contributed by atoms with Crippen LogP contribution in [0.3, 0.4) is 0 Å². The summed E-state index contributed by atoms with van der Waals surface area (Å²) in [6.45, 7) is 6.67. The molecule has 4 rings (SSSR count). The number of para-hydroxylation sites is 1. The molecule has 1 aliphatic rings. The fourth-order valence-electron chi connectivity index (χ4n) is 3.33. The zero-order chi connectivity index (χ0) is 17.2. The molecule has 0 radical (unpaired) electrons. The summed E-state index contributed by atoms with van der Waals surface area (Å²) < 4.78 is 4.89. The summed E-state index contributed by atoms with van der Waals surface area (Å²) in [7, 11) is 0. The molecule has 1 atom stereocenters. The Morgan fingerprint density at radius 2 is 2.00 bits per heavy atom. The molecule has 1 aromatic carbocycles. The Morgan fingerprint density at radius 3 is 2.76 bits per heavy atom. The number of H-pyrrole nitrogens is 1. The molecule has 3 heterocycles. The zero-order valence-corrected chi connectivity index (χ0v) is 14.2. The maximum Gasteiger partial charge on any atom is 0.258 e. The van der Waals surface area contributed by atoms with E-state index in [4.69, 9.17) is 4.52 Å². The Hall–Kier alpha value is -2.51. The second-order valence-electron chi connectivity index (χ2n) is 6.45. The number of nitrogens with zero attached hydrogens (tertiary/aromatic N) is 4.